The smallest absolute Gasteiger partial charge is 0 e. The molecule has 124 valence electrons. The van der Waals surface area contributed by atoms with Gasteiger partial charge < -0.3 is 53.1 Å². The van der Waals surface area contributed by atoms with Crippen molar-refractivity contribution >= 4 is 11.1 Å². The van der Waals surface area contributed by atoms with Crippen molar-refractivity contribution in [1.29, 1.82) is 0 Å². The van der Waals surface area contributed by atoms with E-state index in [1.165, 1.54) is 0 Å². The van der Waals surface area contributed by atoms with E-state index in [4.69, 9.17) is 13.2 Å². The Balaban J connectivity index is 0. The first kappa shape index (κ1) is 30.7. The summed E-state index contributed by atoms with van der Waals surface area (Å²) in [6.07, 6.45) is 0. The van der Waals surface area contributed by atoms with Gasteiger partial charge in [0.1, 0.15) is 0 Å². The average Bonchev–Trinajstić information content (AvgIpc) is 2.64. The number of hydrogen-bond acceptors (Lipinski definition) is 0. The fourth-order valence-corrected chi connectivity index (χ4v) is 2.47. The van der Waals surface area contributed by atoms with Crippen LogP contribution in [0.2, 0.25) is 0 Å². The molecule has 0 aromatic heterocycles. The largest absolute Gasteiger partial charge is 0.356 e. The molecule has 0 spiro atoms. The second-order valence-electron chi connectivity index (χ2n) is 5.12. The third-order valence-electron chi connectivity index (χ3n) is 3.62. The summed E-state index contributed by atoms with van der Waals surface area (Å²) in [7, 11) is 0. The molecule has 27 heavy (non-hydrogen) atoms. The molecule has 4 heteroatoms. The summed E-state index contributed by atoms with van der Waals surface area (Å²) in [6, 6.07) is 33.4. The molecule has 0 saturated heterocycles. The molecule has 0 nitrogen and oxygen atoms in total. The summed E-state index contributed by atoms with van der Waals surface area (Å²) in [6.45, 7) is 12.9. The van der Waals surface area contributed by atoms with Crippen LogP contribution in [0, 0.1) is 37.4 Å². The molecule has 0 aliphatic carbocycles. The van der Waals surface area contributed by atoms with Crippen molar-refractivity contribution in [2.24, 2.45) is 0 Å². The Morgan fingerprint density at radius 3 is 1.37 bits per heavy atom. The molecular weight excluding hydrogens is 632 g/mol. The van der Waals surface area contributed by atoms with Gasteiger partial charge in [-0.15, -0.1) is 18.1 Å². The Morgan fingerprint density at radius 2 is 1.00 bits per heavy atom. The van der Waals surface area contributed by atoms with Crippen LogP contribution in [0.15, 0.2) is 66.7 Å². The first-order valence-corrected chi connectivity index (χ1v) is 7.34. The third-order valence-corrected chi connectivity index (χ3v) is 3.62. The van der Waals surface area contributed by atoms with E-state index in [0.717, 1.165) is 16.7 Å². The van der Waals surface area contributed by atoms with E-state index in [0.29, 0.717) is 11.1 Å². The maximum Gasteiger partial charge on any atom is 0 e. The summed E-state index contributed by atoms with van der Waals surface area (Å²) >= 11 is 0. The summed E-state index contributed by atoms with van der Waals surface area (Å²) in [5.41, 5.74) is 3.69. The molecule has 0 saturated carbocycles. The van der Waals surface area contributed by atoms with Crippen molar-refractivity contribution in [1.82, 2.24) is 0 Å². The number of hydrogen-bond donors (Lipinski definition) is 0. The quantitative estimate of drug-likeness (QED) is 0.343. The van der Waals surface area contributed by atoms with Gasteiger partial charge in [-0.1, -0.05) is 0 Å². The van der Waals surface area contributed by atoms with Crippen molar-refractivity contribution in [3.05, 3.63) is 121 Å². The third kappa shape index (κ3) is 8.67. The summed E-state index contributed by atoms with van der Waals surface area (Å²) in [5.74, 6) is -0.325. The van der Waals surface area contributed by atoms with Gasteiger partial charge in [0.05, 0.1) is 0 Å². The van der Waals surface area contributed by atoms with Crippen LogP contribution in [-0.2, 0) is 131 Å². The fourth-order valence-electron chi connectivity index (χ4n) is 2.47. The zero-order valence-electron chi connectivity index (χ0n) is 14.9. The van der Waals surface area contributed by atoms with Gasteiger partial charge in [-0.2, -0.15) is 24.3 Å². The average molecular weight is 646 g/mol. The molecule has 0 N–H and O–H groups in total. The van der Waals surface area contributed by atoms with E-state index in [-0.39, 0.29) is 137 Å². The fraction of sp³-hybridized carbons (Fsp3) is 0.0435. The van der Waals surface area contributed by atoms with Crippen molar-refractivity contribution in [2.45, 2.75) is 5.92 Å². The Hall–Kier alpha value is 1.56. The first-order valence-electron chi connectivity index (χ1n) is 7.34. The van der Waals surface area contributed by atoms with Gasteiger partial charge in [0.15, 0.2) is 0 Å². The number of benzene rings is 3. The zero-order valence-corrected chi connectivity index (χ0v) is 26.2. The molecule has 0 heterocycles. The second kappa shape index (κ2) is 16.3. The van der Waals surface area contributed by atoms with Crippen molar-refractivity contribution in [2.75, 3.05) is 0 Å². The molecule has 3 aromatic carbocycles. The van der Waals surface area contributed by atoms with Crippen LogP contribution < -0.4 is 0 Å². The van der Waals surface area contributed by atoms with Gasteiger partial charge in [-0.25, -0.2) is 24.3 Å². The SMILES string of the molecule is [CH-]=C(c1[c-]cccc1)C(C(=[CH-])c1[c-]cccc1)c1[c-]ccc[c-]1.[Y].[Y].[Y].[Y]. The predicted octanol–water partition coefficient (Wildman–Crippen LogP) is 4.99. The molecule has 0 aliphatic rings. The predicted molar refractivity (Wildman–Crippen MR) is 92.8 cm³/mol. The maximum absolute atomic E-state index is 6.44. The van der Waals surface area contributed by atoms with E-state index in [9.17, 15) is 0 Å². The van der Waals surface area contributed by atoms with Crippen molar-refractivity contribution < 1.29 is 131 Å². The second-order valence-corrected chi connectivity index (χ2v) is 5.12. The summed E-state index contributed by atoms with van der Waals surface area (Å²) in [4.78, 5) is 0. The van der Waals surface area contributed by atoms with Gasteiger partial charge in [-0.3, -0.25) is 18.2 Å². The molecule has 0 atom stereocenters. The summed E-state index contributed by atoms with van der Waals surface area (Å²) < 4.78 is 0. The van der Waals surface area contributed by atoms with Crippen LogP contribution in [0.1, 0.15) is 22.6 Å². The Bertz CT molecular complexity index is 748. The molecule has 3 rings (SSSR count). The van der Waals surface area contributed by atoms with Crippen LogP contribution >= 0.6 is 0 Å². The van der Waals surface area contributed by atoms with Crippen LogP contribution in [-0.4, -0.2) is 0 Å². The summed E-state index contributed by atoms with van der Waals surface area (Å²) in [5, 5.41) is 0. The van der Waals surface area contributed by atoms with E-state index >= 15 is 0 Å². The molecule has 0 aliphatic heterocycles. The normalized spacial score (nSPS) is 9.93. The molecule has 4 radical (unpaired) electrons. The van der Waals surface area contributed by atoms with Crippen LogP contribution in [0.3, 0.4) is 0 Å². The monoisotopic (exact) mass is 646 g/mol. The molecule has 0 unspecified atom stereocenters. The van der Waals surface area contributed by atoms with Crippen LogP contribution in [0.25, 0.3) is 11.1 Å². The Labute approximate surface area is 264 Å². The standard InChI is InChI=1S/C23H14.4Y/c1-18(20-12-6-3-7-13-20)23(22-16-10-5-11-17-22)19(2)21-14-8-4-9-15-21;;;;/h1-12,14,23H;;;;/q-6;;;;. The van der Waals surface area contributed by atoms with Crippen LogP contribution in [0.4, 0.5) is 0 Å². The first-order chi connectivity index (χ1) is 11.3. The molecule has 0 bridgehead atoms. The van der Waals surface area contributed by atoms with E-state index in [1.54, 1.807) is 0 Å². The van der Waals surface area contributed by atoms with Gasteiger partial charge in [0, 0.05) is 131 Å². The minimum absolute atomic E-state index is 0. The number of rotatable bonds is 5. The number of allylic oxidation sites excluding steroid dienone is 2. The maximum atomic E-state index is 6.44. The minimum atomic E-state index is -0.325. The Kier molecular flexibility index (Phi) is 18.5. The topological polar surface area (TPSA) is 0 Å². The molecule has 3 aromatic rings. The van der Waals surface area contributed by atoms with Gasteiger partial charge in [0.25, 0.3) is 0 Å². The Morgan fingerprint density at radius 1 is 0.593 bits per heavy atom. The van der Waals surface area contributed by atoms with Gasteiger partial charge >= 0.3 is 0 Å². The molecule has 0 fully saturated rings. The van der Waals surface area contributed by atoms with Crippen molar-refractivity contribution in [3.63, 3.8) is 0 Å². The van der Waals surface area contributed by atoms with E-state index in [2.05, 4.69) is 24.3 Å². The molecular formula is C23H14Y4-6. The van der Waals surface area contributed by atoms with E-state index < -0.39 is 0 Å². The van der Waals surface area contributed by atoms with Crippen molar-refractivity contribution in [3.8, 4) is 0 Å². The molecule has 0 amide bonds. The van der Waals surface area contributed by atoms with Gasteiger partial charge in [-0.05, 0) is 0 Å². The zero-order chi connectivity index (χ0) is 16.1. The van der Waals surface area contributed by atoms with E-state index in [1.807, 2.05) is 66.7 Å². The van der Waals surface area contributed by atoms with Gasteiger partial charge in [0.2, 0.25) is 0 Å². The minimum Gasteiger partial charge on any atom is -0.356 e. The van der Waals surface area contributed by atoms with Crippen LogP contribution in [0.5, 0.6) is 0 Å².